The number of carbonyl (C=O) groups is 1. The van der Waals surface area contributed by atoms with Crippen LogP contribution in [0.3, 0.4) is 0 Å². The van der Waals surface area contributed by atoms with Crippen molar-refractivity contribution in [2.45, 2.75) is 39.3 Å². The number of nitrogen functional groups attached to an aromatic ring is 1. The van der Waals surface area contributed by atoms with Crippen molar-refractivity contribution in [1.82, 2.24) is 10.3 Å². The van der Waals surface area contributed by atoms with Crippen molar-refractivity contribution >= 4 is 23.2 Å². The van der Waals surface area contributed by atoms with E-state index in [1.165, 1.54) is 12.1 Å². The number of hydrogen-bond acceptors (Lipinski definition) is 7. The fourth-order valence-corrected chi connectivity index (χ4v) is 1.53. The minimum atomic E-state index is -0.691. The number of carbonyl (C=O) groups excluding carboxylic acids is 1. The van der Waals surface area contributed by atoms with Crippen molar-refractivity contribution < 1.29 is 9.72 Å². The van der Waals surface area contributed by atoms with Crippen LogP contribution in [-0.2, 0) is 4.79 Å². The van der Waals surface area contributed by atoms with E-state index >= 15 is 0 Å². The van der Waals surface area contributed by atoms with Gasteiger partial charge in [0.05, 0.1) is 4.92 Å². The summed E-state index contributed by atoms with van der Waals surface area (Å²) in [6.45, 7) is 7.13. The van der Waals surface area contributed by atoms with Crippen LogP contribution in [0, 0.1) is 10.1 Å². The molecule has 1 amide bonds. The lowest BCUT2D eigenvalue weighted by atomic mass is 10.1. The molecular formula is C12H20N6O3. The van der Waals surface area contributed by atoms with Gasteiger partial charge in [-0.1, -0.05) is 0 Å². The summed E-state index contributed by atoms with van der Waals surface area (Å²) in [5, 5.41) is 16.5. The van der Waals surface area contributed by atoms with Gasteiger partial charge < -0.3 is 16.1 Å². The SMILES string of the molecule is CC(Nc1nc(NN)ccc1[N+](=O)[O-])C(=O)NC(C)(C)C. The van der Waals surface area contributed by atoms with E-state index in [0.717, 1.165) is 0 Å². The van der Waals surface area contributed by atoms with Crippen molar-refractivity contribution in [3.63, 3.8) is 0 Å². The smallest absolute Gasteiger partial charge is 0.311 e. The zero-order chi connectivity index (χ0) is 16.2. The summed E-state index contributed by atoms with van der Waals surface area (Å²) in [5.74, 6) is 5.18. The molecule has 0 bridgehead atoms. The van der Waals surface area contributed by atoms with Gasteiger partial charge in [0.15, 0.2) is 0 Å². The topological polar surface area (TPSA) is 135 Å². The first kappa shape index (κ1) is 16.6. The van der Waals surface area contributed by atoms with Crippen LogP contribution in [0.15, 0.2) is 12.1 Å². The van der Waals surface area contributed by atoms with Crippen molar-refractivity contribution in [3.05, 3.63) is 22.2 Å². The Balaban J connectivity index is 2.95. The zero-order valence-corrected chi connectivity index (χ0v) is 12.4. The van der Waals surface area contributed by atoms with E-state index in [4.69, 9.17) is 5.84 Å². The van der Waals surface area contributed by atoms with E-state index in [1.54, 1.807) is 6.92 Å². The molecule has 9 nitrogen and oxygen atoms in total. The molecule has 1 aromatic heterocycles. The number of aromatic nitrogens is 1. The molecule has 1 heterocycles. The first-order valence-corrected chi connectivity index (χ1v) is 6.34. The molecule has 1 aromatic rings. The standard InChI is InChI=1S/C12H20N6O3/c1-7(11(19)16-12(2,3)4)14-10-8(18(20)21)5-6-9(15-10)17-13/h5-7H,13H2,1-4H3,(H,16,19)(H2,14,15,17). The Morgan fingerprint density at radius 3 is 2.52 bits per heavy atom. The molecule has 1 atom stereocenters. The Kier molecular flexibility index (Phi) is 5.03. The quantitative estimate of drug-likeness (QED) is 0.361. The summed E-state index contributed by atoms with van der Waals surface area (Å²) in [4.78, 5) is 26.3. The van der Waals surface area contributed by atoms with Crippen molar-refractivity contribution in [1.29, 1.82) is 0 Å². The van der Waals surface area contributed by atoms with Gasteiger partial charge in [0.25, 0.3) is 0 Å². The number of anilines is 2. The van der Waals surface area contributed by atoms with Gasteiger partial charge in [0.2, 0.25) is 11.7 Å². The number of hydrazine groups is 1. The molecule has 1 rings (SSSR count). The van der Waals surface area contributed by atoms with Crippen LogP contribution in [-0.4, -0.2) is 27.4 Å². The van der Waals surface area contributed by atoms with Gasteiger partial charge in [-0.15, -0.1) is 0 Å². The number of pyridine rings is 1. The van der Waals surface area contributed by atoms with Gasteiger partial charge in [-0.3, -0.25) is 14.9 Å². The molecule has 0 fully saturated rings. The fraction of sp³-hybridized carbons (Fsp3) is 0.500. The van der Waals surface area contributed by atoms with E-state index in [2.05, 4.69) is 21.0 Å². The molecule has 0 spiro atoms. The minimum Gasteiger partial charge on any atom is -0.353 e. The third kappa shape index (κ3) is 4.88. The van der Waals surface area contributed by atoms with Crippen molar-refractivity contribution in [2.75, 3.05) is 10.7 Å². The van der Waals surface area contributed by atoms with Crippen LogP contribution < -0.4 is 21.9 Å². The van der Waals surface area contributed by atoms with Crippen LogP contribution in [0.25, 0.3) is 0 Å². The van der Waals surface area contributed by atoms with Crippen LogP contribution in [0.1, 0.15) is 27.7 Å². The summed E-state index contributed by atoms with van der Waals surface area (Å²) in [5.41, 5.74) is 1.67. The maximum absolute atomic E-state index is 12.0. The lowest BCUT2D eigenvalue weighted by molar-refractivity contribution is -0.384. The van der Waals surface area contributed by atoms with Gasteiger partial charge >= 0.3 is 5.69 Å². The Hall–Kier alpha value is -2.42. The molecule has 116 valence electrons. The summed E-state index contributed by atoms with van der Waals surface area (Å²) in [7, 11) is 0. The van der Waals surface area contributed by atoms with Gasteiger partial charge in [0.1, 0.15) is 11.9 Å². The maximum atomic E-state index is 12.0. The second kappa shape index (κ2) is 6.35. The summed E-state index contributed by atoms with van der Waals surface area (Å²) >= 11 is 0. The molecule has 21 heavy (non-hydrogen) atoms. The summed E-state index contributed by atoms with van der Waals surface area (Å²) in [6, 6.07) is 1.95. The number of nitrogens with two attached hydrogens (primary N) is 1. The third-order valence-electron chi connectivity index (χ3n) is 2.46. The average Bonchev–Trinajstić information content (AvgIpc) is 2.36. The van der Waals surface area contributed by atoms with Crippen LogP contribution in [0.2, 0.25) is 0 Å². The van der Waals surface area contributed by atoms with Gasteiger partial charge in [-0.05, 0) is 33.8 Å². The first-order chi connectivity index (χ1) is 9.64. The number of nitro groups is 1. The molecule has 0 aliphatic heterocycles. The average molecular weight is 296 g/mol. The van der Waals surface area contributed by atoms with Gasteiger partial charge in [0, 0.05) is 11.6 Å². The van der Waals surface area contributed by atoms with E-state index < -0.39 is 16.5 Å². The first-order valence-electron chi connectivity index (χ1n) is 6.34. The summed E-state index contributed by atoms with van der Waals surface area (Å²) in [6.07, 6.45) is 0. The second-order valence-corrected chi connectivity index (χ2v) is 5.57. The molecule has 0 aromatic carbocycles. The van der Waals surface area contributed by atoms with E-state index in [0.29, 0.717) is 0 Å². The number of hydrogen-bond donors (Lipinski definition) is 4. The second-order valence-electron chi connectivity index (χ2n) is 5.57. The normalized spacial score (nSPS) is 12.4. The molecule has 1 unspecified atom stereocenters. The number of nitrogens with zero attached hydrogens (tertiary/aromatic N) is 2. The summed E-state index contributed by atoms with van der Waals surface area (Å²) < 4.78 is 0. The lowest BCUT2D eigenvalue weighted by Gasteiger charge is -2.23. The Morgan fingerprint density at radius 2 is 2.05 bits per heavy atom. The molecule has 0 radical (unpaired) electrons. The predicted octanol–water partition coefficient (Wildman–Crippen LogP) is 0.990. The highest BCUT2D eigenvalue weighted by Crippen LogP contribution is 2.24. The molecule has 0 aliphatic rings. The lowest BCUT2D eigenvalue weighted by Crippen LogP contribution is -2.47. The third-order valence-corrected chi connectivity index (χ3v) is 2.46. The Labute approximate surface area is 122 Å². The van der Waals surface area contributed by atoms with Gasteiger partial charge in [-0.25, -0.2) is 10.8 Å². The van der Waals surface area contributed by atoms with Gasteiger partial charge in [-0.2, -0.15) is 0 Å². The number of amides is 1. The highest BCUT2D eigenvalue weighted by molar-refractivity contribution is 5.85. The van der Waals surface area contributed by atoms with Crippen LogP contribution >= 0.6 is 0 Å². The highest BCUT2D eigenvalue weighted by Gasteiger charge is 2.23. The number of nitrogens with one attached hydrogen (secondary N) is 3. The van der Waals surface area contributed by atoms with Crippen LogP contribution in [0.5, 0.6) is 0 Å². The Morgan fingerprint density at radius 1 is 1.43 bits per heavy atom. The zero-order valence-electron chi connectivity index (χ0n) is 12.4. The number of rotatable bonds is 5. The Bertz CT molecular complexity index is 540. The molecule has 5 N–H and O–H groups in total. The van der Waals surface area contributed by atoms with Crippen molar-refractivity contribution in [2.24, 2.45) is 5.84 Å². The van der Waals surface area contributed by atoms with E-state index in [9.17, 15) is 14.9 Å². The van der Waals surface area contributed by atoms with Crippen LogP contribution in [0.4, 0.5) is 17.3 Å². The molecule has 9 heteroatoms. The highest BCUT2D eigenvalue weighted by atomic mass is 16.6. The molecule has 0 aliphatic carbocycles. The van der Waals surface area contributed by atoms with E-state index in [-0.39, 0.29) is 23.2 Å². The monoisotopic (exact) mass is 296 g/mol. The largest absolute Gasteiger partial charge is 0.353 e. The predicted molar refractivity (Wildman–Crippen MR) is 79.7 cm³/mol. The molecule has 0 saturated carbocycles. The van der Waals surface area contributed by atoms with E-state index in [1.807, 2.05) is 20.8 Å². The maximum Gasteiger partial charge on any atom is 0.311 e. The molecule has 0 saturated heterocycles. The fourth-order valence-electron chi connectivity index (χ4n) is 1.53. The van der Waals surface area contributed by atoms with Crippen molar-refractivity contribution in [3.8, 4) is 0 Å². The minimum absolute atomic E-state index is 0.0213. The molecular weight excluding hydrogens is 276 g/mol.